The zero-order chi connectivity index (χ0) is 13.9. The number of morpholine rings is 1. The van der Waals surface area contributed by atoms with E-state index in [1.807, 2.05) is 0 Å². The maximum atomic E-state index is 5.59. The molecule has 1 aromatic carbocycles. The summed E-state index contributed by atoms with van der Waals surface area (Å²) in [5.41, 5.74) is 2.66. The second-order valence-electron chi connectivity index (χ2n) is 5.76. The van der Waals surface area contributed by atoms with E-state index >= 15 is 0 Å². The van der Waals surface area contributed by atoms with Gasteiger partial charge in [0, 0.05) is 29.3 Å². The minimum absolute atomic E-state index is 0.506. The highest BCUT2D eigenvalue weighted by Gasteiger charge is 2.23. The van der Waals surface area contributed by atoms with Crippen molar-refractivity contribution in [3.8, 4) is 0 Å². The fraction of sp³-hybridized carbons (Fsp3) is 0.625. The fourth-order valence-electron chi connectivity index (χ4n) is 2.73. The molecular formula is C16H23BrN2O. The van der Waals surface area contributed by atoms with Gasteiger partial charge in [0.05, 0.1) is 19.3 Å². The van der Waals surface area contributed by atoms with Crippen LogP contribution in [-0.4, -0.2) is 31.8 Å². The average molecular weight is 339 g/mol. The molecular weight excluding hydrogens is 316 g/mol. The molecule has 0 bridgehead atoms. The number of halogens is 1. The van der Waals surface area contributed by atoms with E-state index in [9.17, 15) is 0 Å². The Balaban J connectivity index is 1.70. The summed E-state index contributed by atoms with van der Waals surface area (Å²) < 4.78 is 6.80. The maximum Gasteiger partial charge on any atom is 0.0670 e. The number of benzene rings is 1. The number of ether oxygens (including phenoxy) is 1. The van der Waals surface area contributed by atoms with Crippen LogP contribution < -0.4 is 10.2 Å². The Morgan fingerprint density at radius 3 is 2.95 bits per heavy atom. The molecule has 20 heavy (non-hydrogen) atoms. The molecule has 1 heterocycles. The molecule has 3 nitrogen and oxygen atoms in total. The Labute approximate surface area is 129 Å². The lowest BCUT2D eigenvalue weighted by molar-refractivity contribution is 0.0930. The van der Waals surface area contributed by atoms with Gasteiger partial charge in [0.2, 0.25) is 0 Å². The third kappa shape index (κ3) is 3.35. The maximum absolute atomic E-state index is 5.59. The van der Waals surface area contributed by atoms with Crippen LogP contribution in [0.25, 0.3) is 0 Å². The van der Waals surface area contributed by atoms with Crippen molar-refractivity contribution in [3.05, 3.63) is 28.2 Å². The highest BCUT2D eigenvalue weighted by Crippen LogP contribution is 2.28. The predicted octanol–water partition coefficient (Wildman–Crippen LogP) is 3.32. The first-order valence-corrected chi connectivity index (χ1v) is 8.43. The van der Waals surface area contributed by atoms with Crippen LogP contribution in [0.1, 0.15) is 31.7 Å². The summed E-state index contributed by atoms with van der Waals surface area (Å²) in [5, 5.41) is 3.57. The molecule has 1 unspecified atom stereocenters. The third-order valence-electron chi connectivity index (χ3n) is 4.23. The molecule has 1 aromatic rings. The minimum Gasteiger partial charge on any atom is -0.377 e. The average Bonchev–Trinajstić information content (AvgIpc) is 3.30. The topological polar surface area (TPSA) is 24.5 Å². The smallest absolute Gasteiger partial charge is 0.0670 e. The van der Waals surface area contributed by atoms with Crippen LogP contribution in [0.3, 0.4) is 0 Å². The van der Waals surface area contributed by atoms with Crippen molar-refractivity contribution in [2.24, 2.45) is 0 Å². The summed E-state index contributed by atoms with van der Waals surface area (Å²) in [4.78, 5) is 2.48. The highest BCUT2D eigenvalue weighted by atomic mass is 79.9. The minimum atomic E-state index is 0.506. The Morgan fingerprint density at radius 1 is 1.40 bits per heavy atom. The molecule has 1 N–H and O–H groups in total. The molecule has 2 fully saturated rings. The van der Waals surface area contributed by atoms with E-state index in [-0.39, 0.29) is 0 Å². The van der Waals surface area contributed by atoms with Crippen molar-refractivity contribution in [2.45, 2.75) is 44.8 Å². The van der Waals surface area contributed by atoms with E-state index in [0.717, 1.165) is 38.8 Å². The second kappa shape index (κ2) is 6.46. The van der Waals surface area contributed by atoms with Crippen LogP contribution in [0.4, 0.5) is 5.69 Å². The van der Waals surface area contributed by atoms with E-state index in [2.05, 4.69) is 51.3 Å². The fourth-order valence-corrected chi connectivity index (χ4v) is 3.24. The first-order valence-electron chi connectivity index (χ1n) is 7.64. The van der Waals surface area contributed by atoms with Gasteiger partial charge in [0.1, 0.15) is 0 Å². The first kappa shape index (κ1) is 14.4. The van der Waals surface area contributed by atoms with Crippen LogP contribution in [0.15, 0.2) is 22.7 Å². The Bertz CT molecular complexity index is 462. The van der Waals surface area contributed by atoms with Crippen LogP contribution in [0.2, 0.25) is 0 Å². The van der Waals surface area contributed by atoms with Gasteiger partial charge in [0.25, 0.3) is 0 Å². The summed E-state index contributed by atoms with van der Waals surface area (Å²) in [6.07, 6.45) is 3.80. The van der Waals surface area contributed by atoms with Crippen molar-refractivity contribution >= 4 is 21.6 Å². The standard InChI is InChI=1S/C16H23BrN2O/c1-2-14-11-20-8-7-19(14)15-6-3-12(16(17)9-15)10-18-13-4-5-13/h3,6,9,13-14,18H,2,4-5,7-8,10-11H2,1H3. The van der Waals surface area contributed by atoms with Crippen molar-refractivity contribution in [1.82, 2.24) is 5.32 Å². The molecule has 0 spiro atoms. The summed E-state index contributed by atoms with van der Waals surface area (Å²) in [7, 11) is 0. The molecule has 3 rings (SSSR count). The van der Waals surface area contributed by atoms with Crippen molar-refractivity contribution in [2.75, 3.05) is 24.7 Å². The van der Waals surface area contributed by atoms with E-state index in [1.165, 1.54) is 28.6 Å². The Hall–Kier alpha value is -0.580. The van der Waals surface area contributed by atoms with Crippen LogP contribution >= 0.6 is 15.9 Å². The molecule has 1 saturated carbocycles. The van der Waals surface area contributed by atoms with E-state index in [0.29, 0.717) is 6.04 Å². The molecule has 0 aromatic heterocycles. The Kier molecular flexibility index (Phi) is 4.64. The number of hydrogen-bond acceptors (Lipinski definition) is 3. The van der Waals surface area contributed by atoms with Crippen molar-refractivity contribution < 1.29 is 4.74 Å². The molecule has 1 aliphatic heterocycles. The van der Waals surface area contributed by atoms with Crippen molar-refractivity contribution in [3.63, 3.8) is 0 Å². The van der Waals surface area contributed by atoms with Gasteiger partial charge in [-0.15, -0.1) is 0 Å². The number of anilines is 1. The zero-order valence-electron chi connectivity index (χ0n) is 12.1. The number of nitrogens with zero attached hydrogens (tertiary/aromatic N) is 1. The molecule has 2 aliphatic rings. The summed E-state index contributed by atoms with van der Waals surface area (Å²) in [5.74, 6) is 0. The van der Waals surface area contributed by atoms with Crippen LogP contribution in [0.5, 0.6) is 0 Å². The molecule has 0 radical (unpaired) electrons. The lowest BCUT2D eigenvalue weighted by Crippen LogP contribution is -2.45. The van der Waals surface area contributed by atoms with Gasteiger partial charge in [-0.25, -0.2) is 0 Å². The number of nitrogens with one attached hydrogen (secondary N) is 1. The van der Waals surface area contributed by atoms with Gasteiger partial charge in [-0.05, 0) is 37.0 Å². The van der Waals surface area contributed by atoms with Crippen molar-refractivity contribution in [1.29, 1.82) is 0 Å². The molecule has 110 valence electrons. The SMILES string of the molecule is CCC1COCCN1c1ccc(CNC2CC2)c(Br)c1. The quantitative estimate of drug-likeness (QED) is 0.891. The molecule has 0 amide bonds. The number of rotatable bonds is 5. The monoisotopic (exact) mass is 338 g/mol. The second-order valence-corrected chi connectivity index (χ2v) is 6.62. The zero-order valence-corrected chi connectivity index (χ0v) is 13.7. The van der Waals surface area contributed by atoms with Gasteiger partial charge in [-0.3, -0.25) is 0 Å². The molecule has 1 atom stereocenters. The normalized spacial score (nSPS) is 23.1. The third-order valence-corrected chi connectivity index (χ3v) is 4.96. The summed E-state index contributed by atoms with van der Waals surface area (Å²) in [6, 6.07) is 8.02. The van der Waals surface area contributed by atoms with E-state index in [1.54, 1.807) is 0 Å². The van der Waals surface area contributed by atoms with Crippen LogP contribution in [0, 0.1) is 0 Å². The van der Waals surface area contributed by atoms with Crippen LogP contribution in [-0.2, 0) is 11.3 Å². The Morgan fingerprint density at radius 2 is 2.25 bits per heavy atom. The van der Waals surface area contributed by atoms with E-state index in [4.69, 9.17) is 4.74 Å². The largest absolute Gasteiger partial charge is 0.377 e. The van der Waals surface area contributed by atoms with Gasteiger partial charge >= 0.3 is 0 Å². The lowest BCUT2D eigenvalue weighted by atomic mass is 10.1. The molecule has 4 heteroatoms. The van der Waals surface area contributed by atoms with Gasteiger partial charge < -0.3 is 15.0 Å². The predicted molar refractivity (Wildman–Crippen MR) is 86.2 cm³/mol. The summed E-state index contributed by atoms with van der Waals surface area (Å²) >= 11 is 3.73. The van der Waals surface area contributed by atoms with Gasteiger partial charge in [-0.1, -0.05) is 28.9 Å². The lowest BCUT2D eigenvalue weighted by Gasteiger charge is -2.37. The van der Waals surface area contributed by atoms with Gasteiger partial charge in [-0.2, -0.15) is 0 Å². The number of hydrogen-bond donors (Lipinski definition) is 1. The summed E-state index contributed by atoms with van der Waals surface area (Å²) in [6.45, 7) is 5.87. The van der Waals surface area contributed by atoms with E-state index < -0.39 is 0 Å². The first-order chi connectivity index (χ1) is 9.78. The molecule has 1 saturated heterocycles. The highest BCUT2D eigenvalue weighted by molar-refractivity contribution is 9.10. The molecule has 1 aliphatic carbocycles. The van der Waals surface area contributed by atoms with Gasteiger partial charge in [0.15, 0.2) is 0 Å².